The summed E-state index contributed by atoms with van der Waals surface area (Å²) in [5.74, 6) is -0.826. The van der Waals surface area contributed by atoms with Crippen LogP contribution in [-0.2, 0) is 32.1 Å². The number of methoxy groups -OCH3 is 1. The molecule has 3 aromatic carbocycles. The van der Waals surface area contributed by atoms with Crippen molar-refractivity contribution in [1.29, 1.82) is 5.26 Å². The molecule has 0 saturated carbocycles. The van der Waals surface area contributed by atoms with E-state index >= 15 is 0 Å². The number of aromatic nitrogens is 1. The number of esters is 2. The Bertz CT molecular complexity index is 1900. The predicted molar refractivity (Wildman–Crippen MR) is 179 cm³/mol. The van der Waals surface area contributed by atoms with Gasteiger partial charge in [0.15, 0.2) is 5.78 Å². The molecule has 1 aliphatic heterocycles. The van der Waals surface area contributed by atoms with Crippen LogP contribution in [0.25, 0.3) is 11.1 Å². The average Bonchev–Trinajstić information content (AvgIpc) is 3.57. The Balaban J connectivity index is 1.20. The molecule has 0 aliphatic carbocycles. The van der Waals surface area contributed by atoms with Crippen molar-refractivity contribution in [2.75, 3.05) is 13.7 Å². The largest absolute Gasteiger partial charge is 0.495 e. The van der Waals surface area contributed by atoms with Gasteiger partial charge in [0.2, 0.25) is 0 Å². The van der Waals surface area contributed by atoms with Gasteiger partial charge in [-0.1, -0.05) is 61.0 Å². The van der Waals surface area contributed by atoms with Crippen LogP contribution in [0.1, 0.15) is 52.9 Å². The maximum Gasteiger partial charge on any atom is 0.338 e. The highest BCUT2D eigenvalue weighted by Crippen LogP contribution is 2.33. The molecule has 5 rings (SSSR count). The Kier molecular flexibility index (Phi) is 11.1. The zero-order valence-electron chi connectivity index (χ0n) is 26.5. The molecular weight excluding hydrogens is 634 g/mol. The Morgan fingerprint density at radius 3 is 2.46 bits per heavy atom. The minimum atomic E-state index is -0.776. The molecule has 0 spiro atoms. The molecule has 11 heteroatoms. The summed E-state index contributed by atoms with van der Waals surface area (Å²) >= 11 is 6.17. The smallest absolute Gasteiger partial charge is 0.338 e. The molecule has 0 radical (unpaired) electrons. The first-order valence-electron chi connectivity index (χ1n) is 15.5. The Labute approximate surface area is 282 Å². The van der Waals surface area contributed by atoms with Gasteiger partial charge in [-0.25, -0.2) is 4.79 Å². The van der Waals surface area contributed by atoms with Gasteiger partial charge in [0.1, 0.15) is 24.5 Å². The standard InChI is InChI=1S/C37H34ClN3O7/c1-3-32(41-21-34(46-2)30(18-35(41)43)29-16-27(38)14-13-26(29)19-39)33(42)15-23-9-11-25(12-10-23)36(44)48-28-17-31(40-20-28)37(45)47-22-24-7-5-4-6-8-24/h4-14,16,18,21,28,31-32,40H,3,15,17,20,22H2,1-2H3/t28-,31-,32?/m1/s1. The van der Waals surface area contributed by atoms with Crippen molar-refractivity contribution in [3.63, 3.8) is 0 Å². The number of benzene rings is 3. The fourth-order valence-electron chi connectivity index (χ4n) is 5.66. The molecule has 1 unspecified atom stereocenters. The summed E-state index contributed by atoms with van der Waals surface area (Å²) in [5.41, 5.74) is 2.60. The molecule has 48 heavy (non-hydrogen) atoms. The van der Waals surface area contributed by atoms with Crippen molar-refractivity contribution in [2.24, 2.45) is 0 Å². The second-order valence-electron chi connectivity index (χ2n) is 11.4. The molecule has 1 aliphatic rings. The fourth-order valence-corrected chi connectivity index (χ4v) is 5.83. The summed E-state index contributed by atoms with van der Waals surface area (Å²) in [5, 5.41) is 13.0. The van der Waals surface area contributed by atoms with Crippen LogP contribution in [0.5, 0.6) is 5.75 Å². The molecule has 4 aromatic rings. The monoisotopic (exact) mass is 667 g/mol. The third-order valence-corrected chi connectivity index (χ3v) is 8.43. The number of rotatable bonds is 12. The number of nitriles is 1. The van der Waals surface area contributed by atoms with E-state index in [1.165, 1.54) is 23.9 Å². The van der Waals surface area contributed by atoms with E-state index in [4.69, 9.17) is 25.8 Å². The lowest BCUT2D eigenvalue weighted by Gasteiger charge is -2.20. The van der Waals surface area contributed by atoms with Crippen molar-refractivity contribution in [3.05, 3.63) is 123 Å². The number of pyridine rings is 1. The van der Waals surface area contributed by atoms with Gasteiger partial charge in [-0.2, -0.15) is 5.26 Å². The summed E-state index contributed by atoms with van der Waals surface area (Å²) in [7, 11) is 1.45. The lowest BCUT2D eigenvalue weighted by atomic mass is 9.98. The van der Waals surface area contributed by atoms with Gasteiger partial charge < -0.3 is 24.1 Å². The Morgan fingerprint density at radius 1 is 1.02 bits per heavy atom. The lowest BCUT2D eigenvalue weighted by Crippen LogP contribution is -2.32. The molecule has 2 heterocycles. The molecule has 0 bridgehead atoms. The van der Waals surface area contributed by atoms with E-state index in [2.05, 4.69) is 11.4 Å². The maximum absolute atomic E-state index is 13.5. The molecule has 1 N–H and O–H groups in total. The summed E-state index contributed by atoms with van der Waals surface area (Å²) in [6.07, 6.45) is 1.66. The van der Waals surface area contributed by atoms with E-state index < -0.39 is 35.7 Å². The van der Waals surface area contributed by atoms with E-state index in [0.29, 0.717) is 58.0 Å². The number of hydrogen-bond acceptors (Lipinski definition) is 9. The summed E-state index contributed by atoms with van der Waals surface area (Å²) in [4.78, 5) is 52.1. The van der Waals surface area contributed by atoms with Crippen LogP contribution >= 0.6 is 11.6 Å². The lowest BCUT2D eigenvalue weighted by molar-refractivity contribution is -0.147. The van der Waals surface area contributed by atoms with E-state index in [9.17, 15) is 24.4 Å². The highest BCUT2D eigenvalue weighted by atomic mass is 35.5. The van der Waals surface area contributed by atoms with Crippen molar-refractivity contribution in [3.8, 4) is 22.9 Å². The molecule has 0 amide bonds. The molecule has 1 fully saturated rings. The van der Waals surface area contributed by atoms with Crippen LogP contribution < -0.4 is 15.6 Å². The van der Waals surface area contributed by atoms with Crippen molar-refractivity contribution in [2.45, 2.75) is 51.0 Å². The molecule has 246 valence electrons. The zero-order valence-corrected chi connectivity index (χ0v) is 27.2. The Hall–Kier alpha value is -5.24. The normalized spacial score (nSPS) is 16.0. The highest BCUT2D eigenvalue weighted by Gasteiger charge is 2.33. The number of nitrogens with zero attached hydrogens (tertiary/aromatic N) is 2. The number of ether oxygens (including phenoxy) is 3. The van der Waals surface area contributed by atoms with Crippen LogP contribution in [0.15, 0.2) is 89.9 Å². The van der Waals surface area contributed by atoms with Crippen LogP contribution in [-0.4, -0.2) is 48.1 Å². The number of ketones is 1. The first-order chi connectivity index (χ1) is 23.2. The molecular formula is C37H34ClN3O7. The number of halogens is 1. The van der Waals surface area contributed by atoms with Gasteiger partial charge in [0.05, 0.1) is 36.5 Å². The average molecular weight is 668 g/mol. The highest BCUT2D eigenvalue weighted by molar-refractivity contribution is 6.31. The number of carbonyl (C=O) groups excluding carboxylic acids is 3. The fraction of sp³-hybridized carbons (Fsp3) is 0.270. The molecule has 1 aromatic heterocycles. The first-order valence-corrected chi connectivity index (χ1v) is 15.8. The number of hydrogen-bond donors (Lipinski definition) is 1. The topological polar surface area (TPSA) is 137 Å². The molecule has 10 nitrogen and oxygen atoms in total. The van der Waals surface area contributed by atoms with Gasteiger partial charge in [0.25, 0.3) is 5.56 Å². The van der Waals surface area contributed by atoms with Gasteiger partial charge in [-0.15, -0.1) is 0 Å². The minimum absolute atomic E-state index is 0.0243. The maximum atomic E-state index is 13.5. The van der Waals surface area contributed by atoms with Crippen LogP contribution in [0.4, 0.5) is 0 Å². The number of carbonyl (C=O) groups is 3. The summed E-state index contributed by atoms with van der Waals surface area (Å²) < 4.78 is 17.9. The summed E-state index contributed by atoms with van der Waals surface area (Å²) in [6.45, 7) is 2.30. The van der Waals surface area contributed by atoms with E-state index in [1.807, 2.05) is 37.3 Å². The van der Waals surface area contributed by atoms with Crippen molar-refractivity contribution in [1.82, 2.24) is 9.88 Å². The zero-order chi connectivity index (χ0) is 34.2. The minimum Gasteiger partial charge on any atom is -0.495 e. The van der Waals surface area contributed by atoms with E-state index in [-0.39, 0.29) is 18.8 Å². The predicted octanol–water partition coefficient (Wildman–Crippen LogP) is 5.44. The van der Waals surface area contributed by atoms with Crippen LogP contribution in [0.2, 0.25) is 5.02 Å². The van der Waals surface area contributed by atoms with Crippen molar-refractivity contribution >= 4 is 29.3 Å². The second kappa shape index (κ2) is 15.6. The van der Waals surface area contributed by atoms with Crippen molar-refractivity contribution < 1.29 is 28.6 Å². The quantitative estimate of drug-likeness (QED) is 0.196. The molecule has 1 saturated heterocycles. The van der Waals surface area contributed by atoms with Gasteiger partial charge in [-0.3, -0.25) is 14.4 Å². The van der Waals surface area contributed by atoms with E-state index in [0.717, 1.165) is 5.56 Å². The SMILES string of the molecule is CCC(C(=O)Cc1ccc(C(=O)O[C@H]2CN[C@@H](C(=O)OCc3ccccc3)C2)cc1)n1cc(OC)c(-c2cc(Cl)ccc2C#N)cc1=O. The van der Waals surface area contributed by atoms with Gasteiger partial charge in [-0.05, 0) is 47.9 Å². The second-order valence-corrected chi connectivity index (χ2v) is 11.8. The van der Waals surface area contributed by atoms with Crippen LogP contribution in [0, 0.1) is 11.3 Å². The molecule has 3 atom stereocenters. The third-order valence-electron chi connectivity index (χ3n) is 8.19. The Morgan fingerprint density at radius 2 is 1.77 bits per heavy atom. The first kappa shape index (κ1) is 34.1. The summed E-state index contributed by atoms with van der Waals surface area (Å²) in [6, 6.07) is 22.7. The van der Waals surface area contributed by atoms with Gasteiger partial charge >= 0.3 is 11.9 Å². The van der Waals surface area contributed by atoms with E-state index in [1.54, 1.807) is 42.5 Å². The number of Topliss-reactive ketones (excluding diaryl/α,β-unsaturated/α-hetero) is 1. The third kappa shape index (κ3) is 8.00. The van der Waals surface area contributed by atoms with Gasteiger partial charge in [0, 0.05) is 41.6 Å². The van der Waals surface area contributed by atoms with Crippen LogP contribution in [0.3, 0.4) is 0 Å². The number of nitrogens with one attached hydrogen (secondary N) is 1.